The molecule has 0 N–H and O–H groups in total. The molecule has 1 heteroatoms. The number of aryl methyl sites for hydroxylation is 2. The smallest absolute Gasteiger partial charge is 0.180 e. The molecule has 0 spiro atoms. The predicted molar refractivity (Wildman–Crippen MR) is 40.8 cm³/mol. The van der Waals surface area contributed by atoms with Gasteiger partial charge in [0.15, 0.2) is 7.11 Å². The van der Waals surface area contributed by atoms with Crippen molar-refractivity contribution in [2.45, 2.75) is 13.8 Å². The Bertz CT molecular complexity index is 228. The van der Waals surface area contributed by atoms with Crippen molar-refractivity contribution in [3.8, 4) is 5.75 Å². The first kappa shape index (κ1) is 7.13. The van der Waals surface area contributed by atoms with Crippen LogP contribution >= 0.6 is 0 Å². The summed E-state index contributed by atoms with van der Waals surface area (Å²) in [6.45, 7) is 3.96. The minimum absolute atomic E-state index is 0.750. The minimum atomic E-state index is 0.750. The highest BCUT2D eigenvalue weighted by atomic mass is 16.5. The Morgan fingerprint density at radius 3 is 2.50 bits per heavy atom. The lowest BCUT2D eigenvalue weighted by Gasteiger charge is -2.02. The maximum atomic E-state index is 5.02. The van der Waals surface area contributed by atoms with Crippen molar-refractivity contribution in [3.05, 3.63) is 36.4 Å². The van der Waals surface area contributed by atoms with E-state index in [0.717, 1.165) is 16.9 Å². The number of rotatable bonds is 1. The van der Waals surface area contributed by atoms with Crippen LogP contribution in [0.2, 0.25) is 0 Å². The summed E-state index contributed by atoms with van der Waals surface area (Å²) in [6.07, 6.45) is 0. The Balaban J connectivity index is 3.09. The fraction of sp³-hybridized carbons (Fsp3) is 0.222. The predicted octanol–water partition coefficient (Wildman–Crippen LogP) is 2.35. The van der Waals surface area contributed by atoms with E-state index in [9.17, 15) is 0 Å². The van der Waals surface area contributed by atoms with Crippen LogP contribution in [0.4, 0.5) is 0 Å². The van der Waals surface area contributed by atoms with Crippen LogP contribution in [0.1, 0.15) is 11.1 Å². The molecular weight excluding hydrogens is 124 g/mol. The first-order valence-corrected chi connectivity index (χ1v) is 3.18. The van der Waals surface area contributed by atoms with Gasteiger partial charge < -0.3 is 4.74 Å². The van der Waals surface area contributed by atoms with Gasteiger partial charge in [-0.05, 0) is 31.0 Å². The molecule has 1 aromatic rings. The largest absolute Gasteiger partial charge is 0.482 e. The molecule has 0 unspecified atom stereocenters. The molecule has 0 atom stereocenters. The van der Waals surface area contributed by atoms with Gasteiger partial charge >= 0.3 is 0 Å². The lowest BCUT2D eigenvalue weighted by Crippen LogP contribution is -1.84. The highest BCUT2D eigenvalue weighted by Gasteiger charge is 1.95. The summed E-state index contributed by atoms with van der Waals surface area (Å²) >= 11 is 0. The van der Waals surface area contributed by atoms with Gasteiger partial charge in [-0.2, -0.15) is 0 Å². The zero-order chi connectivity index (χ0) is 7.56. The summed E-state index contributed by atoms with van der Waals surface area (Å²) in [6, 6.07) is 5.92. The van der Waals surface area contributed by atoms with Crippen molar-refractivity contribution in [1.29, 1.82) is 0 Å². The number of benzene rings is 1. The first-order valence-electron chi connectivity index (χ1n) is 3.18. The maximum Gasteiger partial charge on any atom is 0.180 e. The molecule has 0 aromatic heterocycles. The fourth-order valence-corrected chi connectivity index (χ4v) is 0.834. The lowest BCUT2D eigenvalue weighted by molar-refractivity contribution is 0.469. The van der Waals surface area contributed by atoms with Crippen molar-refractivity contribution in [2.24, 2.45) is 0 Å². The molecule has 0 saturated heterocycles. The van der Waals surface area contributed by atoms with E-state index in [1.807, 2.05) is 32.0 Å². The van der Waals surface area contributed by atoms with Gasteiger partial charge in [0.2, 0.25) is 0 Å². The third kappa shape index (κ3) is 1.29. The summed E-state index contributed by atoms with van der Waals surface area (Å²) in [5.41, 5.74) is 2.22. The molecule has 0 fully saturated rings. The van der Waals surface area contributed by atoms with Gasteiger partial charge in [0.1, 0.15) is 5.75 Å². The number of hydrogen-bond acceptors (Lipinski definition) is 1. The monoisotopic (exact) mass is 134 g/mol. The van der Waals surface area contributed by atoms with E-state index in [1.165, 1.54) is 0 Å². The van der Waals surface area contributed by atoms with Gasteiger partial charge in [0.25, 0.3) is 0 Å². The zero-order valence-electron chi connectivity index (χ0n) is 6.22. The summed E-state index contributed by atoms with van der Waals surface area (Å²) < 4.78 is 4.63. The van der Waals surface area contributed by atoms with Crippen LogP contribution in [-0.4, -0.2) is 0 Å². The lowest BCUT2D eigenvalue weighted by atomic mass is 10.1. The molecule has 1 nitrogen and oxygen atoms in total. The van der Waals surface area contributed by atoms with Crippen LogP contribution in [0.15, 0.2) is 18.2 Å². The van der Waals surface area contributed by atoms with Crippen LogP contribution in [0, 0.1) is 21.0 Å². The molecule has 0 aliphatic heterocycles. The SMILES string of the molecule is [CH]Oc1cc(C)ccc1C. The molecule has 1 aromatic carbocycles. The number of hydrogen-bond donors (Lipinski definition) is 0. The molecule has 10 heavy (non-hydrogen) atoms. The Morgan fingerprint density at radius 1 is 1.30 bits per heavy atom. The Morgan fingerprint density at radius 2 is 2.00 bits per heavy atom. The van der Waals surface area contributed by atoms with E-state index in [2.05, 4.69) is 4.74 Å². The fourth-order valence-electron chi connectivity index (χ4n) is 0.834. The highest BCUT2D eigenvalue weighted by molar-refractivity contribution is 5.35. The molecule has 0 aliphatic rings. The van der Waals surface area contributed by atoms with Crippen molar-refractivity contribution >= 4 is 0 Å². The van der Waals surface area contributed by atoms with E-state index in [4.69, 9.17) is 7.11 Å². The van der Waals surface area contributed by atoms with Gasteiger partial charge in [-0.15, -0.1) is 0 Å². The molecule has 0 heterocycles. The van der Waals surface area contributed by atoms with E-state index in [1.54, 1.807) is 0 Å². The summed E-state index contributed by atoms with van der Waals surface area (Å²) in [7, 11) is 5.02. The second-order valence-corrected chi connectivity index (χ2v) is 2.39. The Hall–Kier alpha value is -0.980. The Labute approximate surface area is 61.6 Å². The summed E-state index contributed by atoms with van der Waals surface area (Å²) in [4.78, 5) is 0. The van der Waals surface area contributed by atoms with Gasteiger partial charge in [0.05, 0.1) is 0 Å². The molecular formula is C9H10O. The van der Waals surface area contributed by atoms with Gasteiger partial charge in [-0.3, -0.25) is 0 Å². The molecule has 2 radical (unpaired) electrons. The van der Waals surface area contributed by atoms with E-state index < -0.39 is 0 Å². The quantitative estimate of drug-likeness (QED) is 0.572. The van der Waals surface area contributed by atoms with Crippen molar-refractivity contribution < 1.29 is 4.74 Å². The number of ether oxygens (including phenoxy) is 1. The molecule has 1 rings (SSSR count). The van der Waals surface area contributed by atoms with E-state index in [0.29, 0.717) is 0 Å². The first-order chi connectivity index (χ1) is 4.74. The standard InChI is InChI=1S/C9H10O/c1-7-4-5-8(2)9(6-7)10-3/h3-6H,1-2H3. The topological polar surface area (TPSA) is 9.23 Å². The third-order valence-corrected chi connectivity index (χ3v) is 1.47. The third-order valence-electron chi connectivity index (χ3n) is 1.47. The van der Waals surface area contributed by atoms with Crippen LogP contribution in [0.5, 0.6) is 5.75 Å². The average molecular weight is 134 g/mol. The van der Waals surface area contributed by atoms with Gasteiger partial charge in [-0.1, -0.05) is 12.1 Å². The van der Waals surface area contributed by atoms with Crippen molar-refractivity contribution in [1.82, 2.24) is 0 Å². The maximum absolute atomic E-state index is 5.02. The summed E-state index contributed by atoms with van der Waals surface area (Å²) in [5.74, 6) is 0.750. The molecule has 52 valence electrons. The zero-order valence-corrected chi connectivity index (χ0v) is 6.22. The van der Waals surface area contributed by atoms with Gasteiger partial charge in [-0.25, -0.2) is 0 Å². The van der Waals surface area contributed by atoms with Crippen LogP contribution in [0.3, 0.4) is 0 Å². The minimum Gasteiger partial charge on any atom is -0.482 e. The van der Waals surface area contributed by atoms with Gasteiger partial charge in [0, 0.05) is 0 Å². The molecule has 0 saturated carbocycles. The van der Waals surface area contributed by atoms with Crippen molar-refractivity contribution in [2.75, 3.05) is 0 Å². The van der Waals surface area contributed by atoms with Crippen LogP contribution in [0.25, 0.3) is 0 Å². The molecule has 0 aliphatic carbocycles. The van der Waals surface area contributed by atoms with E-state index >= 15 is 0 Å². The molecule has 0 bridgehead atoms. The second kappa shape index (κ2) is 2.74. The summed E-state index contributed by atoms with van der Waals surface area (Å²) in [5, 5.41) is 0. The Kier molecular flexibility index (Phi) is 1.95. The normalized spacial score (nSPS) is 9.50. The highest BCUT2D eigenvalue weighted by Crippen LogP contribution is 2.18. The van der Waals surface area contributed by atoms with Crippen LogP contribution in [-0.2, 0) is 0 Å². The average Bonchev–Trinajstić information content (AvgIpc) is 1.94. The van der Waals surface area contributed by atoms with Crippen molar-refractivity contribution in [3.63, 3.8) is 0 Å². The van der Waals surface area contributed by atoms with Crippen LogP contribution < -0.4 is 4.74 Å². The second-order valence-electron chi connectivity index (χ2n) is 2.39. The van der Waals surface area contributed by atoms with E-state index in [-0.39, 0.29) is 0 Å². The molecule has 0 amide bonds.